The van der Waals surface area contributed by atoms with Gasteiger partial charge in [0.15, 0.2) is 0 Å². The zero-order valence-electron chi connectivity index (χ0n) is 17.2. The van der Waals surface area contributed by atoms with Crippen LogP contribution >= 0.6 is 0 Å². The Morgan fingerprint density at radius 3 is 2.68 bits per heavy atom. The molecular formula is C22H30N2O4. The number of anilines is 1. The molecule has 1 N–H and O–H groups in total. The topological polar surface area (TPSA) is 75.7 Å². The Kier molecular flexibility index (Phi) is 6.06. The van der Waals surface area contributed by atoms with Gasteiger partial charge in [0.05, 0.1) is 18.6 Å². The number of nitrogens with zero attached hydrogens (tertiary/aromatic N) is 1. The van der Waals surface area contributed by atoms with Gasteiger partial charge in [0.1, 0.15) is 0 Å². The molecule has 1 aliphatic carbocycles. The lowest BCUT2D eigenvalue weighted by atomic mass is 9.77. The molecule has 3 rings (SSSR count). The van der Waals surface area contributed by atoms with Gasteiger partial charge in [-0.2, -0.15) is 0 Å². The maximum absolute atomic E-state index is 12.8. The molecule has 28 heavy (non-hydrogen) atoms. The van der Waals surface area contributed by atoms with Crippen LogP contribution in [0.4, 0.5) is 5.69 Å². The fraction of sp³-hybridized carbons (Fsp3) is 0.591. The number of rotatable bonds is 4. The van der Waals surface area contributed by atoms with E-state index in [0.29, 0.717) is 29.6 Å². The first-order chi connectivity index (χ1) is 13.3. The molecule has 4 atom stereocenters. The predicted octanol–water partition coefficient (Wildman–Crippen LogP) is 3.39. The highest BCUT2D eigenvalue weighted by molar-refractivity contribution is 5.99. The van der Waals surface area contributed by atoms with Crippen molar-refractivity contribution in [1.29, 1.82) is 0 Å². The molecular weight excluding hydrogens is 356 g/mol. The van der Waals surface area contributed by atoms with Crippen LogP contribution in [0.1, 0.15) is 55.5 Å². The summed E-state index contributed by atoms with van der Waals surface area (Å²) in [7, 11) is 1.33. The summed E-state index contributed by atoms with van der Waals surface area (Å²) in [5.74, 6) is 0.154. The Morgan fingerprint density at radius 1 is 1.21 bits per heavy atom. The van der Waals surface area contributed by atoms with Gasteiger partial charge in [-0.25, -0.2) is 4.79 Å². The SMILES string of the molecule is COC(=O)c1ccc(C)c(NC(=O)[C@@H]2CC(=O)N([C@@H]3CCC[C@H](C)[C@@H]3C)C2)c1. The number of amides is 2. The first-order valence-corrected chi connectivity index (χ1v) is 10.1. The summed E-state index contributed by atoms with van der Waals surface area (Å²) in [6.45, 7) is 6.81. The summed E-state index contributed by atoms with van der Waals surface area (Å²) in [6, 6.07) is 5.30. The van der Waals surface area contributed by atoms with Crippen LogP contribution in [-0.2, 0) is 14.3 Å². The predicted molar refractivity (Wildman–Crippen MR) is 107 cm³/mol. The van der Waals surface area contributed by atoms with Gasteiger partial charge in [-0.3, -0.25) is 9.59 Å². The number of ether oxygens (including phenoxy) is 1. The molecule has 1 aromatic carbocycles. The largest absolute Gasteiger partial charge is 0.465 e. The highest BCUT2D eigenvalue weighted by atomic mass is 16.5. The number of likely N-dealkylation sites (tertiary alicyclic amines) is 1. The zero-order chi connectivity index (χ0) is 20.4. The molecule has 0 aromatic heterocycles. The van der Waals surface area contributed by atoms with Crippen molar-refractivity contribution in [3.8, 4) is 0 Å². The van der Waals surface area contributed by atoms with Crippen LogP contribution < -0.4 is 5.32 Å². The van der Waals surface area contributed by atoms with Gasteiger partial charge < -0.3 is 15.0 Å². The van der Waals surface area contributed by atoms with Gasteiger partial charge in [0.2, 0.25) is 11.8 Å². The number of esters is 1. The van der Waals surface area contributed by atoms with Crippen molar-refractivity contribution in [3.05, 3.63) is 29.3 Å². The minimum atomic E-state index is -0.446. The Labute approximate surface area is 166 Å². The fourth-order valence-corrected chi connectivity index (χ4v) is 4.46. The summed E-state index contributed by atoms with van der Waals surface area (Å²) in [4.78, 5) is 39.1. The first kappa shape index (κ1) is 20.4. The lowest BCUT2D eigenvalue weighted by Gasteiger charge is -2.40. The fourth-order valence-electron chi connectivity index (χ4n) is 4.46. The third-order valence-corrected chi connectivity index (χ3v) is 6.51. The number of hydrogen-bond acceptors (Lipinski definition) is 4. The molecule has 2 amide bonds. The minimum absolute atomic E-state index is 0.0751. The number of methoxy groups -OCH3 is 1. The first-order valence-electron chi connectivity index (χ1n) is 10.1. The Bertz CT molecular complexity index is 776. The minimum Gasteiger partial charge on any atom is -0.465 e. The molecule has 2 fully saturated rings. The summed E-state index contributed by atoms with van der Waals surface area (Å²) >= 11 is 0. The molecule has 152 valence electrons. The van der Waals surface area contributed by atoms with Gasteiger partial charge in [0, 0.05) is 24.7 Å². The summed E-state index contributed by atoms with van der Waals surface area (Å²) in [6.07, 6.45) is 3.61. The van der Waals surface area contributed by atoms with E-state index in [2.05, 4.69) is 19.2 Å². The van der Waals surface area contributed by atoms with Gasteiger partial charge in [-0.1, -0.05) is 32.8 Å². The number of benzene rings is 1. The molecule has 2 aliphatic rings. The Hall–Kier alpha value is -2.37. The zero-order valence-corrected chi connectivity index (χ0v) is 17.2. The van der Waals surface area contributed by atoms with Crippen molar-refractivity contribution in [2.75, 3.05) is 19.0 Å². The molecule has 6 nitrogen and oxygen atoms in total. The lowest BCUT2D eigenvalue weighted by molar-refractivity contribution is -0.131. The molecule has 1 saturated heterocycles. The van der Waals surface area contributed by atoms with E-state index in [-0.39, 0.29) is 30.2 Å². The quantitative estimate of drug-likeness (QED) is 0.805. The molecule has 1 aliphatic heterocycles. The summed E-state index contributed by atoms with van der Waals surface area (Å²) in [5.41, 5.74) is 1.83. The van der Waals surface area contributed by atoms with Crippen molar-refractivity contribution < 1.29 is 19.1 Å². The Morgan fingerprint density at radius 2 is 1.96 bits per heavy atom. The molecule has 0 unspecified atom stereocenters. The van der Waals surface area contributed by atoms with Crippen LogP contribution in [0.3, 0.4) is 0 Å². The smallest absolute Gasteiger partial charge is 0.337 e. The van der Waals surface area contributed by atoms with E-state index in [4.69, 9.17) is 4.74 Å². The molecule has 0 spiro atoms. The highest BCUT2D eigenvalue weighted by Crippen LogP contribution is 2.36. The van der Waals surface area contributed by atoms with E-state index < -0.39 is 5.97 Å². The van der Waals surface area contributed by atoms with Crippen molar-refractivity contribution in [2.24, 2.45) is 17.8 Å². The summed E-state index contributed by atoms with van der Waals surface area (Å²) < 4.78 is 4.75. The monoisotopic (exact) mass is 386 g/mol. The normalized spacial score (nSPS) is 27.6. The molecule has 6 heteroatoms. The second-order valence-electron chi connectivity index (χ2n) is 8.29. The van der Waals surface area contributed by atoms with Crippen molar-refractivity contribution in [3.63, 3.8) is 0 Å². The molecule has 1 saturated carbocycles. The maximum atomic E-state index is 12.8. The molecule has 1 heterocycles. The number of aryl methyl sites for hydroxylation is 1. The number of hydrogen-bond donors (Lipinski definition) is 1. The number of carbonyl (C=O) groups is 3. The van der Waals surface area contributed by atoms with Crippen LogP contribution in [0.2, 0.25) is 0 Å². The molecule has 0 bridgehead atoms. The lowest BCUT2D eigenvalue weighted by Crippen LogP contribution is -2.45. The second-order valence-corrected chi connectivity index (χ2v) is 8.29. The van der Waals surface area contributed by atoms with Crippen LogP contribution in [-0.4, -0.2) is 42.4 Å². The van der Waals surface area contributed by atoms with Gasteiger partial charge >= 0.3 is 5.97 Å². The average Bonchev–Trinajstić information content (AvgIpc) is 3.06. The van der Waals surface area contributed by atoms with Crippen LogP contribution in [0.5, 0.6) is 0 Å². The van der Waals surface area contributed by atoms with Crippen molar-refractivity contribution in [2.45, 2.75) is 52.5 Å². The van der Waals surface area contributed by atoms with Crippen molar-refractivity contribution >= 4 is 23.5 Å². The van der Waals surface area contributed by atoms with Crippen molar-refractivity contribution in [1.82, 2.24) is 4.90 Å². The van der Waals surface area contributed by atoms with Crippen LogP contribution in [0.25, 0.3) is 0 Å². The highest BCUT2D eigenvalue weighted by Gasteiger charge is 2.41. The molecule has 0 radical (unpaired) electrons. The van der Waals surface area contributed by atoms with E-state index in [9.17, 15) is 14.4 Å². The third kappa shape index (κ3) is 4.05. The van der Waals surface area contributed by atoms with E-state index in [1.54, 1.807) is 18.2 Å². The summed E-state index contributed by atoms with van der Waals surface area (Å²) in [5, 5.41) is 2.91. The van der Waals surface area contributed by atoms with Gasteiger partial charge in [-0.05, 0) is 42.9 Å². The van der Waals surface area contributed by atoms with Crippen LogP contribution in [0.15, 0.2) is 18.2 Å². The van der Waals surface area contributed by atoms with E-state index >= 15 is 0 Å². The second kappa shape index (κ2) is 8.33. The Balaban J connectivity index is 1.69. The van der Waals surface area contributed by atoms with Gasteiger partial charge in [0.25, 0.3) is 0 Å². The van der Waals surface area contributed by atoms with Gasteiger partial charge in [-0.15, -0.1) is 0 Å². The average molecular weight is 386 g/mol. The number of nitrogens with one attached hydrogen (secondary N) is 1. The van der Waals surface area contributed by atoms with E-state index in [0.717, 1.165) is 18.4 Å². The standard InChI is InChI=1S/C22H30N2O4/c1-13-6-5-7-19(15(13)3)24-12-17(11-20(24)25)21(26)23-18-10-16(22(27)28-4)9-8-14(18)2/h8-10,13,15,17,19H,5-7,11-12H2,1-4H3,(H,23,26)/t13-,15-,17+,19+/m0/s1. The van der Waals surface area contributed by atoms with E-state index in [1.165, 1.54) is 13.5 Å². The van der Waals surface area contributed by atoms with E-state index in [1.807, 2.05) is 11.8 Å². The van der Waals surface area contributed by atoms with Crippen LogP contribution in [0, 0.1) is 24.7 Å². The number of carbonyl (C=O) groups excluding carboxylic acids is 3. The maximum Gasteiger partial charge on any atom is 0.337 e. The third-order valence-electron chi connectivity index (χ3n) is 6.51. The molecule has 1 aromatic rings.